The summed E-state index contributed by atoms with van der Waals surface area (Å²) in [6.45, 7) is 4.64. The molecule has 0 saturated heterocycles. The van der Waals surface area contributed by atoms with Crippen LogP contribution < -0.4 is 11.1 Å². The summed E-state index contributed by atoms with van der Waals surface area (Å²) in [5.41, 5.74) is 5.59. The Morgan fingerprint density at radius 2 is 2.13 bits per heavy atom. The highest BCUT2D eigenvalue weighted by Crippen LogP contribution is 1.97. The van der Waals surface area contributed by atoms with E-state index in [0.717, 1.165) is 12.8 Å². The van der Waals surface area contributed by atoms with Crippen LogP contribution in [0.5, 0.6) is 0 Å². The van der Waals surface area contributed by atoms with Gasteiger partial charge in [0, 0.05) is 19.0 Å². The smallest absolute Gasteiger partial charge is 0.305 e. The highest BCUT2D eigenvalue weighted by molar-refractivity contribution is 5.78. The van der Waals surface area contributed by atoms with Gasteiger partial charge in [0.2, 0.25) is 0 Å². The van der Waals surface area contributed by atoms with E-state index in [0.29, 0.717) is 25.0 Å². The molecule has 3 N–H and O–H groups in total. The molecule has 5 heteroatoms. The maximum Gasteiger partial charge on any atom is 0.305 e. The number of methoxy groups -OCH3 is 1. The zero-order valence-corrected chi connectivity index (χ0v) is 9.75. The molecular weight excluding hydrogens is 194 g/mol. The first kappa shape index (κ1) is 13.7. The van der Waals surface area contributed by atoms with Gasteiger partial charge in [0.15, 0.2) is 5.96 Å². The second-order valence-corrected chi connectivity index (χ2v) is 3.60. The molecule has 0 rings (SSSR count). The van der Waals surface area contributed by atoms with Crippen LogP contribution in [0.4, 0.5) is 0 Å². The van der Waals surface area contributed by atoms with Crippen molar-refractivity contribution in [2.24, 2.45) is 10.7 Å². The third-order valence-corrected chi connectivity index (χ3v) is 1.74. The number of carbonyl (C=O) groups excluding carboxylic acids is 1. The molecule has 0 unspecified atom stereocenters. The van der Waals surface area contributed by atoms with Crippen LogP contribution >= 0.6 is 0 Å². The molecule has 0 spiro atoms. The zero-order chi connectivity index (χ0) is 11.7. The van der Waals surface area contributed by atoms with Crippen LogP contribution in [-0.2, 0) is 9.53 Å². The average molecular weight is 215 g/mol. The summed E-state index contributed by atoms with van der Waals surface area (Å²) in [5.74, 6) is 0.287. The molecule has 0 fully saturated rings. The number of nitrogens with two attached hydrogens (primary N) is 1. The van der Waals surface area contributed by atoms with Crippen molar-refractivity contribution in [3.8, 4) is 0 Å². The molecule has 0 saturated carbocycles. The zero-order valence-electron chi connectivity index (χ0n) is 9.75. The molecule has 0 aliphatic rings. The van der Waals surface area contributed by atoms with E-state index < -0.39 is 0 Å². The van der Waals surface area contributed by atoms with Gasteiger partial charge in [-0.05, 0) is 26.7 Å². The van der Waals surface area contributed by atoms with E-state index in [9.17, 15) is 4.79 Å². The summed E-state index contributed by atoms with van der Waals surface area (Å²) >= 11 is 0. The fourth-order valence-electron chi connectivity index (χ4n) is 1.02. The molecular formula is C10H21N3O2. The van der Waals surface area contributed by atoms with Crippen LogP contribution in [-0.4, -0.2) is 31.6 Å². The van der Waals surface area contributed by atoms with E-state index in [1.165, 1.54) is 7.11 Å². The molecule has 0 aromatic heterocycles. The second kappa shape index (κ2) is 8.08. The number of carbonyl (C=O) groups is 1. The lowest BCUT2D eigenvalue weighted by molar-refractivity contribution is -0.140. The monoisotopic (exact) mass is 215 g/mol. The minimum Gasteiger partial charge on any atom is -0.469 e. The maximum absolute atomic E-state index is 10.8. The van der Waals surface area contributed by atoms with Crippen LogP contribution in [0.15, 0.2) is 4.99 Å². The fourth-order valence-corrected chi connectivity index (χ4v) is 1.02. The minimum absolute atomic E-state index is 0.174. The topological polar surface area (TPSA) is 76.7 Å². The molecule has 0 aliphatic heterocycles. The first-order chi connectivity index (χ1) is 7.06. The van der Waals surface area contributed by atoms with E-state index in [1.807, 2.05) is 13.8 Å². The highest BCUT2D eigenvalue weighted by Gasteiger charge is 1.99. The molecule has 0 amide bonds. The van der Waals surface area contributed by atoms with Crippen molar-refractivity contribution >= 4 is 11.9 Å². The molecule has 0 aromatic carbocycles. The van der Waals surface area contributed by atoms with Crippen molar-refractivity contribution in [2.75, 3.05) is 13.7 Å². The first-order valence-electron chi connectivity index (χ1n) is 5.19. The number of esters is 1. The van der Waals surface area contributed by atoms with Crippen molar-refractivity contribution in [2.45, 2.75) is 39.2 Å². The number of aliphatic imine (C=N–C) groups is 1. The lowest BCUT2D eigenvalue weighted by atomic mass is 10.2. The van der Waals surface area contributed by atoms with E-state index >= 15 is 0 Å². The molecule has 0 aromatic rings. The number of nitrogens with zero attached hydrogens (tertiary/aromatic N) is 1. The Labute approximate surface area is 91.1 Å². The predicted octanol–water partition coefficient (Wildman–Crippen LogP) is 0.642. The Balaban J connectivity index is 3.48. The Morgan fingerprint density at radius 3 is 2.67 bits per heavy atom. The van der Waals surface area contributed by atoms with E-state index in [2.05, 4.69) is 15.0 Å². The van der Waals surface area contributed by atoms with Gasteiger partial charge in [0.25, 0.3) is 0 Å². The molecule has 0 heterocycles. The van der Waals surface area contributed by atoms with Gasteiger partial charge >= 0.3 is 5.97 Å². The molecule has 0 atom stereocenters. The first-order valence-corrected chi connectivity index (χ1v) is 5.19. The SMILES string of the molecule is COC(=O)CCCCN=C(N)NC(C)C. The van der Waals surface area contributed by atoms with Crippen molar-refractivity contribution in [3.05, 3.63) is 0 Å². The lowest BCUT2D eigenvalue weighted by Gasteiger charge is -2.08. The largest absolute Gasteiger partial charge is 0.469 e. The number of guanidine groups is 1. The van der Waals surface area contributed by atoms with E-state index in [1.54, 1.807) is 0 Å². The summed E-state index contributed by atoms with van der Waals surface area (Å²) < 4.78 is 4.52. The molecule has 15 heavy (non-hydrogen) atoms. The Kier molecular flexibility index (Phi) is 7.40. The second-order valence-electron chi connectivity index (χ2n) is 3.60. The molecule has 5 nitrogen and oxygen atoms in total. The highest BCUT2D eigenvalue weighted by atomic mass is 16.5. The molecule has 88 valence electrons. The Morgan fingerprint density at radius 1 is 1.47 bits per heavy atom. The van der Waals surface area contributed by atoms with Crippen LogP contribution in [0.2, 0.25) is 0 Å². The summed E-state index contributed by atoms with van der Waals surface area (Å²) in [4.78, 5) is 14.9. The maximum atomic E-state index is 10.8. The van der Waals surface area contributed by atoms with Crippen molar-refractivity contribution in [1.82, 2.24) is 5.32 Å². The van der Waals surface area contributed by atoms with Crippen LogP contribution in [0, 0.1) is 0 Å². The van der Waals surface area contributed by atoms with Gasteiger partial charge in [-0.25, -0.2) is 0 Å². The summed E-state index contributed by atoms with van der Waals surface area (Å²) in [6.07, 6.45) is 2.07. The van der Waals surface area contributed by atoms with Crippen molar-refractivity contribution in [3.63, 3.8) is 0 Å². The van der Waals surface area contributed by atoms with Gasteiger partial charge < -0.3 is 15.8 Å². The van der Waals surface area contributed by atoms with Crippen molar-refractivity contribution < 1.29 is 9.53 Å². The van der Waals surface area contributed by atoms with E-state index in [4.69, 9.17) is 5.73 Å². The lowest BCUT2D eigenvalue weighted by Crippen LogP contribution is -2.36. The standard InChI is InChI=1S/C10H21N3O2/c1-8(2)13-10(11)12-7-5-4-6-9(14)15-3/h8H,4-7H2,1-3H3,(H3,11,12,13). The van der Waals surface area contributed by atoms with Crippen LogP contribution in [0.25, 0.3) is 0 Å². The number of nitrogens with one attached hydrogen (secondary N) is 1. The summed E-state index contributed by atoms with van der Waals surface area (Å²) in [5, 5.41) is 2.99. The number of unbranched alkanes of at least 4 members (excludes halogenated alkanes) is 1. The molecule has 0 bridgehead atoms. The Hall–Kier alpha value is -1.26. The quantitative estimate of drug-likeness (QED) is 0.295. The van der Waals surface area contributed by atoms with E-state index in [-0.39, 0.29) is 5.97 Å². The van der Waals surface area contributed by atoms with Crippen LogP contribution in [0.1, 0.15) is 33.1 Å². The summed E-state index contributed by atoms with van der Waals surface area (Å²) in [7, 11) is 1.39. The van der Waals surface area contributed by atoms with Gasteiger partial charge in [-0.3, -0.25) is 9.79 Å². The van der Waals surface area contributed by atoms with Gasteiger partial charge in [-0.15, -0.1) is 0 Å². The van der Waals surface area contributed by atoms with Crippen molar-refractivity contribution in [1.29, 1.82) is 0 Å². The number of ether oxygens (including phenoxy) is 1. The van der Waals surface area contributed by atoms with Gasteiger partial charge in [-0.1, -0.05) is 0 Å². The van der Waals surface area contributed by atoms with Crippen LogP contribution in [0.3, 0.4) is 0 Å². The third kappa shape index (κ3) is 9.05. The van der Waals surface area contributed by atoms with Gasteiger partial charge in [0.05, 0.1) is 7.11 Å². The predicted molar refractivity (Wildman–Crippen MR) is 60.6 cm³/mol. The number of hydrogen-bond donors (Lipinski definition) is 2. The van der Waals surface area contributed by atoms with Gasteiger partial charge in [0.1, 0.15) is 0 Å². The minimum atomic E-state index is -0.174. The molecule has 0 aliphatic carbocycles. The normalized spacial score (nSPS) is 11.6. The Bertz CT molecular complexity index is 215. The number of rotatable bonds is 6. The average Bonchev–Trinajstić information content (AvgIpc) is 2.15. The molecule has 0 radical (unpaired) electrons. The fraction of sp³-hybridized carbons (Fsp3) is 0.800. The van der Waals surface area contributed by atoms with Gasteiger partial charge in [-0.2, -0.15) is 0 Å². The number of hydrogen-bond acceptors (Lipinski definition) is 3. The summed E-state index contributed by atoms with van der Waals surface area (Å²) in [6, 6.07) is 0.295. The third-order valence-electron chi connectivity index (χ3n) is 1.74.